The van der Waals surface area contributed by atoms with Gasteiger partial charge in [0.2, 0.25) is 0 Å². The summed E-state index contributed by atoms with van der Waals surface area (Å²) in [6.07, 6.45) is 1.81. The molecule has 0 amide bonds. The highest BCUT2D eigenvalue weighted by molar-refractivity contribution is 8.76. The van der Waals surface area contributed by atoms with Crippen LogP contribution in [-0.4, -0.2) is 43.8 Å². The van der Waals surface area contributed by atoms with Crippen molar-refractivity contribution in [2.45, 2.75) is 35.6 Å². The summed E-state index contributed by atoms with van der Waals surface area (Å²) in [5.41, 5.74) is -0.113. The molecule has 2 aromatic rings. The van der Waals surface area contributed by atoms with E-state index < -0.39 is 17.2 Å². The Labute approximate surface area is 179 Å². The third-order valence-corrected chi connectivity index (χ3v) is 6.63. The van der Waals surface area contributed by atoms with Crippen LogP contribution in [-0.2, 0) is 4.74 Å². The van der Waals surface area contributed by atoms with E-state index in [-0.39, 0.29) is 22.8 Å². The number of aromatic nitrogens is 1. The minimum Gasteiger partial charge on any atom is -0.450 e. The van der Waals surface area contributed by atoms with Crippen LogP contribution in [0.15, 0.2) is 53.7 Å². The molecule has 1 aromatic carbocycles. The molecule has 2 N–H and O–H groups in total. The average molecular weight is 454 g/mol. The Hall–Kier alpha value is -2.99. The van der Waals surface area contributed by atoms with Crippen molar-refractivity contribution in [3.8, 4) is 5.75 Å². The molecule has 12 heteroatoms. The summed E-state index contributed by atoms with van der Waals surface area (Å²) in [4.78, 5) is 34.4. The van der Waals surface area contributed by atoms with E-state index >= 15 is 0 Å². The maximum atomic E-state index is 10.5. The number of benzene rings is 1. The van der Waals surface area contributed by atoms with Gasteiger partial charge in [-0.15, -0.1) is 0 Å². The van der Waals surface area contributed by atoms with Crippen LogP contribution in [0.25, 0.3) is 0 Å². The highest BCUT2D eigenvalue weighted by Gasteiger charge is 2.31. The molecule has 0 unspecified atom stereocenters. The number of pyridine rings is 1. The molecule has 10 nitrogen and oxygen atoms in total. The van der Waals surface area contributed by atoms with Gasteiger partial charge in [0.05, 0.1) is 10.2 Å². The first-order chi connectivity index (χ1) is 14.3. The lowest BCUT2D eigenvalue weighted by Gasteiger charge is -2.16. The van der Waals surface area contributed by atoms with Crippen LogP contribution < -0.4 is 4.74 Å². The van der Waals surface area contributed by atoms with Crippen LogP contribution in [0, 0.1) is 10.1 Å². The van der Waals surface area contributed by atoms with Gasteiger partial charge in [-0.05, 0) is 54.3 Å². The number of nitrogens with zero attached hydrogens (tertiary/aromatic N) is 2. The standard InChI is InChI=1S/C11H13NO3S2.C7H5NO5/c13-11(14)15-8-4-3-5-9(8)16-17-10-6-1-2-7-12-10;9-7(10)13-6-3-1-5(2-4-6)8(11)12/h1-2,6-9H,3-5H2,(H,13,14);1-4H,(H,9,10)/t8-,9-;/m1./s1. The van der Waals surface area contributed by atoms with E-state index in [4.69, 9.17) is 14.9 Å². The third-order valence-electron chi connectivity index (χ3n) is 3.79. The second-order valence-corrected chi connectivity index (χ2v) is 8.32. The lowest BCUT2D eigenvalue weighted by Crippen LogP contribution is -2.22. The molecule has 0 aliphatic heterocycles. The Balaban J connectivity index is 0.000000222. The molecule has 1 heterocycles. The lowest BCUT2D eigenvalue weighted by molar-refractivity contribution is -0.384. The number of ether oxygens (including phenoxy) is 2. The number of nitro groups is 1. The molecule has 1 fully saturated rings. The smallest absolute Gasteiger partial charge is 0.450 e. The summed E-state index contributed by atoms with van der Waals surface area (Å²) in [5, 5.41) is 28.2. The number of carbonyl (C=O) groups is 2. The molecule has 0 bridgehead atoms. The molecular weight excluding hydrogens is 436 g/mol. The van der Waals surface area contributed by atoms with Crippen LogP contribution in [0.3, 0.4) is 0 Å². The Morgan fingerprint density at radius 1 is 1.10 bits per heavy atom. The number of nitro benzene ring substituents is 1. The van der Waals surface area contributed by atoms with Crippen molar-refractivity contribution < 1.29 is 34.2 Å². The van der Waals surface area contributed by atoms with Crippen LogP contribution in [0.5, 0.6) is 5.75 Å². The highest BCUT2D eigenvalue weighted by atomic mass is 33.1. The molecule has 1 saturated carbocycles. The Morgan fingerprint density at radius 2 is 1.83 bits per heavy atom. The molecule has 2 atom stereocenters. The van der Waals surface area contributed by atoms with Crippen molar-refractivity contribution in [3.63, 3.8) is 0 Å². The summed E-state index contributed by atoms with van der Waals surface area (Å²) in [6.45, 7) is 0. The monoisotopic (exact) mass is 454 g/mol. The fourth-order valence-electron chi connectivity index (χ4n) is 2.51. The van der Waals surface area contributed by atoms with Gasteiger partial charge in [0.1, 0.15) is 16.9 Å². The number of hydrogen-bond acceptors (Lipinski definition) is 9. The molecule has 0 spiro atoms. The van der Waals surface area contributed by atoms with E-state index in [1.165, 1.54) is 12.1 Å². The molecule has 0 radical (unpaired) electrons. The predicted molar refractivity (Wildman–Crippen MR) is 110 cm³/mol. The molecule has 30 heavy (non-hydrogen) atoms. The highest BCUT2D eigenvalue weighted by Crippen LogP contribution is 2.41. The van der Waals surface area contributed by atoms with Crippen LogP contribution in [0.1, 0.15) is 19.3 Å². The van der Waals surface area contributed by atoms with Gasteiger partial charge in [-0.3, -0.25) is 10.1 Å². The summed E-state index contributed by atoms with van der Waals surface area (Å²) in [7, 11) is 3.23. The van der Waals surface area contributed by atoms with E-state index in [1.54, 1.807) is 27.8 Å². The lowest BCUT2D eigenvalue weighted by atomic mass is 10.3. The normalized spacial score (nSPS) is 17.3. The summed E-state index contributed by atoms with van der Waals surface area (Å²) in [6, 6.07) is 10.5. The SMILES string of the molecule is O=C(O)O[C@@H]1CCC[C@H]1SSc1ccccn1.O=C(O)Oc1ccc([N+](=O)[O-])cc1. The van der Waals surface area contributed by atoms with Crippen LogP contribution in [0.2, 0.25) is 0 Å². The van der Waals surface area contributed by atoms with Gasteiger partial charge in [0.15, 0.2) is 0 Å². The van der Waals surface area contributed by atoms with Gasteiger partial charge in [0.25, 0.3) is 5.69 Å². The third kappa shape index (κ3) is 8.17. The van der Waals surface area contributed by atoms with Gasteiger partial charge < -0.3 is 19.7 Å². The molecular formula is C18H18N2O8S2. The maximum Gasteiger partial charge on any atom is 0.511 e. The fraction of sp³-hybridized carbons (Fsp3) is 0.278. The van der Waals surface area contributed by atoms with E-state index in [0.717, 1.165) is 36.4 Å². The van der Waals surface area contributed by atoms with E-state index in [2.05, 4.69) is 9.72 Å². The topological polar surface area (TPSA) is 149 Å². The average Bonchev–Trinajstić information content (AvgIpc) is 3.14. The number of carboxylic acid groups (broad SMARTS) is 2. The van der Waals surface area contributed by atoms with Crippen molar-refractivity contribution in [2.24, 2.45) is 0 Å². The summed E-state index contributed by atoms with van der Waals surface area (Å²) >= 11 is 0. The molecule has 0 saturated heterocycles. The Kier molecular flexibility index (Phi) is 9.22. The maximum absolute atomic E-state index is 10.5. The molecule has 1 aromatic heterocycles. The number of rotatable bonds is 6. The van der Waals surface area contributed by atoms with Crippen molar-refractivity contribution in [1.82, 2.24) is 4.98 Å². The second-order valence-electron chi connectivity index (χ2n) is 5.86. The van der Waals surface area contributed by atoms with E-state index in [0.29, 0.717) is 0 Å². The number of hydrogen-bond donors (Lipinski definition) is 2. The minimum atomic E-state index is -1.45. The zero-order valence-corrected chi connectivity index (χ0v) is 17.1. The molecule has 1 aliphatic rings. The first kappa shape index (κ1) is 23.3. The van der Waals surface area contributed by atoms with Gasteiger partial charge in [-0.1, -0.05) is 16.9 Å². The first-order valence-corrected chi connectivity index (χ1v) is 10.9. The van der Waals surface area contributed by atoms with Gasteiger partial charge in [0, 0.05) is 18.3 Å². The van der Waals surface area contributed by atoms with E-state index in [9.17, 15) is 19.7 Å². The predicted octanol–water partition coefficient (Wildman–Crippen LogP) is 5.09. The molecule has 160 valence electrons. The zero-order chi connectivity index (χ0) is 21.9. The summed E-state index contributed by atoms with van der Waals surface area (Å²) < 4.78 is 9.12. The quantitative estimate of drug-likeness (QED) is 0.197. The van der Waals surface area contributed by atoms with Crippen molar-refractivity contribution in [3.05, 3.63) is 58.8 Å². The summed E-state index contributed by atoms with van der Waals surface area (Å²) in [5.74, 6) is 0.0538. The van der Waals surface area contributed by atoms with Crippen LogP contribution in [0.4, 0.5) is 15.3 Å². The Bertz CT molecular complexity index is 851. The molecule has 3 rings (SSSR count). The second kappa shape index (κ2) is 11.9. The molecule has 1 aliphatic carbocycles. The fourth-order valence-corrected chi connectivity index (χ4v) is 5.17. The first-order valence-electron chi connectivity index (χ1n) is 8.64. The van der Waals surface area contributed by atoms with Crippen LogP contribution >= 0.6 is 21.6 Å². The van der Waals surface area contributed by atoms with Crippen molar-refractivity contribution >= 4 is 39.6 Å². The number of non-ortho nitro benzene ring substituents is 1. The zero-order valence-electron chi connectivity index (χ0n) is 15.4. The Morgan fingerprint density at radius 3 is 2.40 bits per heavy atom. The van der Waals surface area contributed by atoms with Crippen molar-refractivity contribution in [2.75, 3.05) is 0 Å². The van der Waals surface area contributed by atoms with Gasteiger partial charge in [-0.2, -0.15) is 0 Å². The van der Waals surface area contributed by atoms with Gasteiger partial charge >= 0.3 is 12.3 Å². The minimum absolute atomic E-state index is 0.0538. The van der Waals surface area contributed by atoms with Crippen molar-refractivity contribution in [1.29, 1.82) is 0 Å². The largest absolute Gasteiger partial charge is 0.511 e. The van der Waals surface area contributed by atoms with E-state index in [1.807, 2.05) is 18.2 Å². The van der Waals surface area contributed by atoms with Gasteiger partial charge in [-0.25, -0.2) is 14.6 Å².